The lowest BCUT2D eigenvalue weighted by Gasteiger charge is -2.11. The van der Waals surface area contributed by atoms with Gasteiger partial charge in [0, 0.05) is 5.69 Å². The standard InChI is InChI=1S/C26H21N3O4/c1-32-24-16-19-8-6-5-7-18(19)15-23(24)26(31)33-17-25(30)27-20-11-13-22(14-12-20)29-28-21-9-3-2-4-10-21/h2-16H,17H2,1H3,(H,27,30). The van der Waals surface area contributed by atoms with Crippen LogP contribution >= 0.6 is 0 Å². The quantitative estimate of drug-likeness (QED) is 0.280. The van der Waals surface area contributed by atoms with E-state index in [4.69, 9.17) is 9.47 Å². The average molecular weight is 439 g/mol. The maximum atomic E-state index is 12.6. The average Bonchev–Trinajstić information content (AvgIpc) is 2.86. The monoisotopic (exact) mass is 439 g/mol. The Bertz CT molecular complexity index is 1300. The molecular formula is C26H21N3O4. The molecule has 1 amide bonds. The zero-order valence-electron chi connectivity index (χ0n) is 17.9. The summed E-state index contributed by atoms with van der Waals surface area (Å²) in [4.78, 5) is 24.8. The molecule has 164 valence electrons. The minimum Gasteiger partial charge on any atom is -0.496 e. The fourth-order valence-electron chi connectivity index (χ4n) is 3.18. The number of nitrogens with one attached hydrogen (secondary N) is 1. The van der Waals surface area contributed by atoms with Gasteiger partial charge in [-0.15, -0.1) is 0 Å². The maximum Gasteiger partial charge on any atom is 0.342 e. The Kier molecular flexibility index (Phi) is 6.70. The molecular weight excluding hydrogens is 418 g/mol. The summed E-state index contributed by atoms with van der Waals surface area (Å²) in [7, 11) is 1.48. The molecule has 4 rings (SSSR count). The zero-order valence-corrected chi connectivity index (χ0v) is 17.9. The van der Waals surface area contributed by atoms with Crippen LogP contribution in [0.15, 0.2) is 101 Å². The van der Waals surface area contributed by atoms with Gasteiger partial charge in [-0.25, -0.2) is 4.79 Å². The normalized spacial score (nSPS) is 10.8. The fourth-order valence-corrected chi connectivity index (χ4v) is 3.18. The molecule has 0 bridgehead atoms. The first-order valence-corrected chi connectivity index (χ1v) is 10.2. The first-order valence-electron chi connectivity index (χ1n) is 10.2. The van der Waals surface area contributed by atoms with Gasteiger partial charge >= 0.3 is 5.97 Å². The van der Waals surface area contributed by atoms with E-state index in [0.717, 1.165) is 16.5 Å². The first kappa shape index (κ1) is 21.7. The summed E-state index contributed by atoms with van der Waals surface area (Å²) < 4.78 is 10.5. The highest BCUT2D eigenvalue weighted by Crippen LogP contribution is 2.26. The number of azo groups is 1. The molecule has 0 aromatic heterocycles. The summed E-state index contributed by atoms with van der Waals surface area (Å²) in [6.07, 6.45) is 0. The van der Waals surface area contributed by atoms with Crippen molar-refractivity contribution in [1.29, 1.82) is 0 Å². The molecule has 0 fully saturated rings. The van der Waals surface area contributed by atoms with Gasteiger partial charge in [-0.3, -0.25) is 4.79 Å². The molecule has 0 aliphatic carbocycles. The minimum absolute atomic E-state index is 0.261. The summed E-state index contributed by atoms with van der Waals surface area (Å²) in [5, 5.41) is 12.8. The molecule has 0 atom stereocenters. The van der Waals surface area contributed by atoms with E-state index in [1.165, 1.54) is 7.11 Å². The largest absolute Gasteiger partial charge is 0.496 e. The van der Waals surface area contributed by atoms with Gasteiger partial charge in [0.05, 0.1) is 18.5 Å². The molecule has 0 unspecified atom stereocenters. The Morgan fingerprint density at radius 2 is 1.39 bits per heavy atom. The van der Waals surface area contributed by atoms with Crippen LogP contribution in [0, 0.1) is 0 Å². The third kappa shape index (κ3) is 5.59. The van der Waals surface area contributed by atoms with E-state index in [9.17, 15) is 9.59 Å². The molecule has 4 aromatic rings. The second-order valence-corrected chi connectivity index (χ2v) is 7.11. The molecule has 0 heterocycles. The third-order valence-corrected chi connectivity index (χ3v) is 4.81. The zero-order chi connectivity index (χ0) is 23.0. The number of rotatable bonds is 7. The molecule has 0 saturated heterocycles. The number of hydrogen-bond donors (Lipinski definition) is 1. The molecule has 0 saturated carbocycles. The third-order valence-electron chi connectivity index (χ3n) is 4.81. The van der Waals surface area contributed by atoms with Gasteiger partial charge in [-0.1, -0.05) is 42.5 Å². The van der Waals surface area contributed by atoms with E-state index in [-0.39, 0.29) is 5.56 Å². The number of fused-ring (bicyclic) bond motifs is 1. The van der Waals surface area contributed by atoms with Crippen LogP contribution < -0.4 is 10.1 Å². The summed E-state index contributed by atoms with van der Waals surface area (Å²) in [6.45, 7) is -0.426. The highest BCUT2D eigenvalue weighted by atomic mass is 16.5. The van der Waals surface area contributed by atoms with Crippen LogP contribution in [0.2, 0.25) is 0 Å². The predicted octanol–water partition coefficient (Wildman–Crippen LogP) is 6.06. The number of methoxy groups -OCH3 is 1. The number of ether oxygens (including phenoxy) is 2. The van der Waals surface area contributed by atoms with Crippen LogP contribution in [-0.4, -0.2) is 25.6 Å². The summed E-state index contributed by atoms with van der Waals surface area (Å²) in [6, 6.07) is 27.3. The Labute approximate surface area is 190 Å². The molecule has 0 aliphatic heterocycles. The predicted molar refractivity (Wildman–Crippen MR) is 126 cm³/mol. The number of anilines is 1. The first-order chi connectivity index (χ1) is 16.1. The lowest BCUT2D eigenvalue weighted by atomic mass is 10.1. The van der Waals surface area contributed by atoms with E-state index in [1.807, 2.05) is 54.6 Å². The second kappa shape index (κ2) is 10.2. The van der Waals surface area contributed by atoms with Crippen molar-refractivity contribution in [1.82, 2.24) is 0 Å². The van der Waals surface area contributed by atoms with E-state index in [0.29, 0.717) is 17.1 Å². The SMILES string of the molecule is COc1cc2ccccc2cc1C(=O)OCC(=O)Nc1ccc(N=Nc2ccccc2)cc1. The van der Waals surface area contributed by atoms with Crippen LogP contribution in [0.1, 0.15) is 10.4 Å². The fraction of sp³-hybridized carbons (Fsp3) is 0.0769. The van der Waals surface area contributed by atoms with Crippen LogP contribution in [0.3, 0.4) is 0 Å². The van der Waals surface area contributed by atoms with Crippen LogP contribution in [0.25, 0.3) is 10.8 Å². The van der Waals surface area contributed by atoms with Gasteiger partial charge in [-0.2, -0.15) is 10.2 Å². The Hall–Kier alpha value is -4.52. The van der Waals surface area contributed by atoms with Crippen molar-refractivity contribution < 1.29 is 19.1 Å². The van der Waals surface area contributed by atoms with Crippen LogP contribution in [0.4, 0.5) is 17.1 Å². The van der Waals surface area contributed by atoms with Crippen molar-refractivity contribution in [3.63, 3.8) is 0 Å². The van der Waals surface area contributed by atoms with Gasteiger partial charge in [-0.05, 0) is 59.3 Å². The minimum atomic E-state index is -0.635. The van der Waals surface area contributed by atoms with Crippen molar-refractivity contribution in [2.24, 2.45) is 10.2 Å². The van der Waals surface area contributed by atoms with Crippen molar-refractivity contribution in [2.75, 3.05) is 19.0 Å². The lowest BCUT2D eigenvalue weighted by Crippen LogP contribution is -2.21. The number of esters is 1. The van der Waals surface area contributed by atoms with Crippen molar-refractivity contribution in [2.45, 2.75) is 0 Å². The van der Waals surface area contributed by atoms with Gasteiger partial charge in [0.25, 0.3) is 5.91 Å². The summed E-state index contributed by atoms with van der Waals surface area (Å²) in [5.74, 6) is -0.703. The van der Waals surface area contributed by atoms with E-state index in [2.05, 4.69) is 15.5 Å². The summed E-state index contributed by atoms with van der Waals surface area (Å²) in [5.41, 5.74) is 2.21. The van der Waals surface area contributed by atoms with E-state index >= 15 is 0 Å². The second-order valence-electron chi connectivity index (χ2n) is 7.11. The Morgan fingerprint density at radius 1 is 0.788 bits per heavy atom. The molecule has 7 nitrogen and oxygen atoms in total. The number of amides is 1. The van der Waals surface area contributed by atoms with Gasteiger partial charge in [0.2, 0.25) is 0 Å². The van der Waals surface area contributed by atoms with Gasteiger partial charge in [0.1, 0.15) is 11.3 Å². The van der Waals surface area contributed by atoms with Gasteiger partial charge in [0.15, 0.2) is 6.61 Å². The number of carbonyl (C=O) groups is 2. The van der Waals surface area contributed by atoms with E-state index < -0.39 is 18.5 Å². The summed E-state index contributed by atoms with van der Waals surface area (Å²) >= 11 is 0. The lowest BCUT2D eigenvalue weighted by molar-refractivity contribution is -0.119. The molecule has 33 heavy (non-hydrogen) atoms. The molecule has 0 radical (unpaired) electrons. The van der Waals surface area contributed by atoms with Crippen molar-refractivity contribution in [3.8, 4) is 5.75 Å². The highest BCUT2D eigenvalue weighted by Gasteiger charge is 2.16. The number of benzene rings is 4. The van der Waals surface area contributed by atoms with Crippen molar-refractivity contribution >= 4 is 39.7 Å². The molecule has 7 heteroatoms. The Morgan fingerprint density at radius 3 is 2.06 bits per heavy atom. The smallest absolute Gasteiger partial charge is 0.342 e. The molecule has 1 N–H and O–H groups in total. The number of carbonyl (C=O) groups excluding carboxylic acids is 2. The molecule has 0 spiro atoms. The van der Waals surface area contributed by atoms with Crippen LogP contribution in [-0.2, 0) is 9.53 Å². The number of hydrogen-bond acceptors (Lipinski definition) is 6. The van der Waals surface area contributed by atoms with Crippen LogP contribution in [0.5, 0.6) is 5.75 Å². The van der Waals surface area contributed by atoms with Crippen molar-refractivity contribution in [3.05, 3.63) is 96.6 Å². The molecule has 4 aromatic carbocycles. The molecule has 0 aliphatic rings. The maximum absolute atomic E-state index is 12.6. The number of nitrogens with zero attached hydrogens (tertiary/aromatic N) is 2. The van der Waals surface area contributed by atoms with Gasteiger partial charge < -0.3 is 14.8 Å². The van der Waals surface area contributed by atoms with E-state index in [1.54, 1.807) is 36.4 Å². The topological polar surface area (TPSA) is 89.3 Å². The Balaban J connectivity index is 1.34. The highest BCUT2D eigenvalue weighted by molar-refractivity contribution is 6.00.